The molecule has 4 nitrogen and oxygen atoms in total. The van der Waals surface area contributed by atoms with Crippen molar-refractivity contribution in [2.75, 3.05) is 0 Å². The van der Waals surface area contributed by atoms with E-state index < -0.39 is 28.6 Å². The molecule has 0 aromatic heterocycles. The van der Waals surface area contributed by atoms with Crippen molar-refractivity contribution in [2.24, 2.45) is 0 Å². The molecule has 0 aromatic rings. The molecule has 0 aliphatic rings. The number of carbonyl (C=O) groups is 2. The van der Waals surface area contributed by atoms with Gasteiger partial charge in [-0.3, -0.25) is 0 Å². The molecular formula is C6H6Cl2F4O4. The molecule has 0 atom stereocenters. The highest BCUT2D eigenvalue weighted by atomic mass is 35.5. The standard InChI is InChI=1S/C3H4Cl2O2.C3H2F4O2/c1-3(4,5)2(6)7;4-1(5)3(6,7)2(8)9/h1H3,(H,6,7);1H,(H,8,9). The Morgan fingerprint density at radius 1 is 1.12 bits per heavy atom. The highest BCUT2D eigenvalue weighted by molar-refractivity contribution is 6.56. The Hall–Kier alpha value is -0.760. The third-order valence-electron chi connectivity index (χ3n) is 0.935. The normalized spacial score (nSPS) is 11.8. The van der Waals surface area contributed by atoms with Crippen molar-refractivity contribution in [3.8, 4) is 0 Å². The van der Waals surface area contributed by atoms with Crippen LogP contribution in [0.5, 0.6) is 0 Å². The maximum absolute atomic E-state index is 11.3. The highest BCUT2D eigenvalue weighted by Gasteiger charge is 2.49. The van der Waals surface area contributed by atoms with Gasteiger partial charge in [-0.25, -0.2) is 18.4 Å². The van der Waals surface area contributed by atoms with Crippen LogP contribution in [-0.2, 0) is 9.59 Å². The van der Waals surface area contributed by atoms with Gasteiger partial charge in [0.25, 0.3) is 0 Å². The Bertz CT molecular complexity index is 264. The first kappa shape index (κ1) is 17.6. The second kappa shape index (κ2) is 6.09. The number of hydrogen-bond donors (Lipinski definition) is 2. The summed E-state index contributed by atoms with van der Waals surface area (Å²) in [7, 11) is 0. The summed E-state index contributed by atoms with van der Waals surface area (Å²) in [6.45, 7) is 1.19. The van der Waals surface area contributed by atoms with E-state index in [2.05, 4.69) is 0 Å². The molecule has 96 valence electrons. The fraction of sp³-hybridized carbons (Fsp3) is 0.667. The van der Waals surface area contributed by atoms with E-state index in [1.165, 1.54) is 6.92 Å². The largest absolute Gasteiger partial charge is 0.479 e. The zero-order valence-electron chi connectivity index (χ0n) is 7.56. The van der Waals surface area contributed by atoms with E-state index in [1.807, 2.05) is 0 Å². The van der Waals surface area contributed by atoms with Crippen molar-refractivity contribution < 1.29 is 37.4 Å². The molecule has 0 aliphatic heterocycles. The van der Waals surface area contributed by atoms with E-state index in [1.54, 1.807) is 0 Å². The topological polar surface area (TPSA) is 74.6 Å². The number of hydrogen-bond acceptors (Lipinski definition) is 2. The van der Waals surface area contributed by atoms with E-state index in [4.69, 9.17) is 33.4 Å². The molecule has 0 aliphatic carbocycles. The van der Waals surface area contributed by atoms with Gasteiger partial charge in [-0.1, -0.05) is 23.2 Å². The average Bonchev–Trinajstić information content (AvgIpc) is 2.02. The molecule has 0 heterocycles. The summed E-state index contributed by atoms with van der Waals surface area (Å²) in [5.74, 6) is -8.95. The van der Waals surface area contributed by atoms with Gasteiger partial charge in [0.05, 0.1) is 0 Å². The van der Waals surface area contributed by atoms with Crippen molar-refractivity contribution in [1.82, 2.24) is 0 Å². The van der Waals surface area contributed by atoms with Crippen molar-refractivity contribution in [2.45, 2.75) is 23.6 Å². The lowest BCUT2D eigenvalue weighted by Gasteiger charge is -2.07. The molecule has 2 N–H and O–H groups in total. The number of rotatable bonds is 3. The fourth-order valence-corrected chi connectivity index (χ4v) is 0.0933. The van der Waals surface area contributed by atoms with Crippen molar-refractivity contribution in [3.05, 3.63) is 0 Å². The lowest BCUT2D eigenvalue weighted by Crippen LogP contribution is -2.35. The molecule has 0 amide bonds. The van der Waals surface area contributed by atoms with Gasteiger partial charge in [0.1, 0.15) is 0 Å². The van der Waals surface area contributed by atoms with Gasteiger partial charge in [0.2, 0.25) is 4.33 Å². The zero-order chi connectivity index (χ0) is 13.7. The Labute approximate surface area is 96.7 Å². The van der Waals surface area contributed by atoms with Gasteiger partial charge in [-0.05, 0) is 6.92 Å². The Morgan fingerprint density at radius 2 is 1.38 bits per heavy atom. The van der Waals surface area contributed by atoms with Crippen LogP contribution in [0.25, 0.3) is 0 Å². The van der Waals surface area contributed by atoms with Crippen LogP contribution in [-0.4, -0.2) is 38.8 Å². The highest BCUT2D eigenvalue weighted by Crippen LogP contribution is 2.22. The summed E-state index contributed by atoms with van der Waals surface area (Å²) in [6, 6.07) is 0. The number of halogens is 6. The summed E-state index contributed by atoms with van der Waals surface area (Å²) in [5.41, 5.74) is 0. The van der Waals surface area contributed by atoms with Crippen LogP contribution >= 0.6 is 23.2 Å². The first-order valence-electron chi connectivity index (χ1n) is 3.34. The minimum Gasteiger partial charge on any atom is -0.479 e. The van der Waals surface area contributed by atoms with Crippen LogP contribution in [0.3, 0.4) is 0 Å². The monoisotopic (exact) mass is 288 g/mol. The maximum atomic E-state index is 11.3. The lowest BCUT2D eigenvalue weighted by atomic mass is 10.4. The predicted octanol–water partition coefficient (Wildman–Crippen LogP) is 2.24. The molecule has 0 rings (SSSR count). The van der Waals surface area contributed by atoms with Crippen LogP contribution in [0.2, 0.25) is 0 Å². The van der Waals surface area contributed by atoms with Crippen LogP contribution in [0, 0.1) is 0 Å². The Balaban J connectivity index is 0. The molecular weight excluding hydrogens is 283 g/mol. The van der Waals surface area contributed by atoms with Gasteiger partial charge < -0.3 is 10.2 Å². The molecule has 16 heavy (non-hydrogen) atoms. The third-order valence-corrected chi connectivity index (χ3v) is 1.26. The van der Waals surface area contributed by atoms with E-state index in [9.17, 15) is 27.2 Å². The smallest absolute Gasteiger partial charge is 0.401 e. The second-order valence-electron chi connectivity index (χ2n) is 2.42. The quantitative estimate of drug-likeness (QED) is 0.617. The Kier molecular flexibility index (Phi) is 6.71. The minimum absolute atomic E-state index is 1.19. The molecule has 0 bridgehead atoms. The number of carboxylic acid groups (broad SMARTS) is 2. The molecule has 0 spiro atoms. The molecule has 0 saturated carbocycles. The second-order valence-corrected chi connectivity index (χ2v) is 4.13. The van der Waals surface area contributed by atoms with E-state index in [0.29, 0.717) is 0 Å². The summed E-state index contributed by atoms with van der Waals surface area (Å²) in [4.78, 5) is 19.0. The summed E-state index contributed by atoms with van der Waals surface area (Å²) >= 11 is 10.1. The summed E-state index contributed by atoms with van der Waals surface area (Å²) in [6.07, 6.45) is -4.14. The molecule has 0 fully saturated rings. The number of alkyl halides is 6. The SMILES string of the molecule is CC(Cl)(Cl)C(=O)O.O=C(O)C(F)(F)C(F)F. The van der Waals surface area contributed by atoms with Gasteiger partial charge in [-0.15, -0.1) is 0 Å². The first-order valence-corrected chi connectivity index (χ1v) is 4.09. The number of aliphatic carboxylic acids is 2. The number of carboxylic acids is 2. The summed E-state index contributed by atoms with van der Waals surface area (Å²) in [5, 5.41) is 15.4. The first-order chi connectivity index (χ1) is 6.83. The van der Waals surface area contributed by atoms with Gasteiger partial charge in [0, 0.05) is 0 Å². The van der Waals surface area contributed by atoms with Crippen LogP contribution < -0.4 is 0 Å². The van der Waals surface area contributed by atoms with Gasteiger partial charge >= 0.3 is 24.3 Å². The van der Waals surface area contributed by atoms with Gasteiger partial charge in [0.15, 0.2) is 0 Å². The van der Waals surface area contributed by atoms with E-state index in [0.717, 1.165) is 0 Å². The third kappa shape index (κ3) is 6.67. The molecule has 10 heteroatoms. The van der Waals surface area contributed by atoms with E-state index >= 15 is 0 Å². The van der Waals surface area contributed by atoms with Crippen LogP contribution in [0.15, 0.2) is 0 Å². The van der Waals surface area contributed by atoms with Crippen LogP contribution in [0.1, 0.15) is 6.92 Å². The summed E-state index contributed by atoms with van der Waals surface area (Å²) < 4.78 is 42.9. The van der Waals surface area contributed by atoms with Crippen LogP contribution in [0.4, 0.5) is 17.6 Å². The molecule has 0 aromatic carbocycles. The lowest BCUT2D eigenvalue weighted by molar-refractivity contribution is -0.187. The molecule has 0 unspecified atom stereocenters. The van der Waals surface area contributed by atoms with Crippen molar-refractivity contribution >= 4 is 35.1 Å². The predicted molar refractivity (Wildman–Crippen MR) is 46.3 cm³/mol. The van der Waals surface area contributed by atoms with E-state index in [-0.39, 0.29) is 0 Å². The van der Waals surface area contributed by atoms with Crippen molar-refractivity contribution in [1.29, 1.82) is 0 Å². The van der Waals surface area contributed by atoms with Gasteiger partial charge in [-0.2, -0.15) is 8.78 Å². The molecule has 0 saturated heterocycles. The molecule has 0 radical (unpaired) electrons. The Morgan fingerprint density at radius 3 is 1.38 bits per heavy atom. The van der Waals surface area contributed by atoms with Crippen molar-refractivity contribution in [3.63, 3.8) is 0 Å². The fourth-order valence-electron chi connectivity index (χ4n) is 0.0933. The maximum Gasteiger partial charge on any atom is 0.401 e. The zero-order valence-corrected chi connectivity index (χ0v) is 9.07. The average molecular weight is 289 g/mol. The minimum atomic E-state index is -4.92.